The summed E-state index contributed by atoms with van der Waals surface area (Å²) in [5.74, 6) is 0.120. The lowest BCUT2D eigenvalue weighted by Crippen LogP contribution is -2.51. The molecule has 0 radical (unpaired) electrons. The van der Waals surface area contributed by atoms with Gasteiger partial charge >= 0.3 is 0 Å². The molecular weight excluding hydrogens is 284 g/mol. The predicted octanol–water partition coefficient (Wildman–Crippen LogP) is 0.903. The van der Waals surface area contributed by atoms with Gasteiger partial charge in [-0.05, 0) is 32.1 Å². The number of carbonyl (C=O) groups excluding carboxylic acids is 1. The van der Waals surface area contributed by atoms with Crippen molar-refractivity contribution in [2.45, 2.75) is 56.7 Å². The summed E-state index contributed by atoms with van der Waals surface area (Å²) in [7, 11) is 0. The normalized spacial score (nSPS) is 24.3. The van der Waals surface area contributed by atoms with Crippen LogP contribution in [0.4, 0.5) is 0 Å². The van der Waals surface area contributed by atoms with E-state index >= 15 is 0 Å². The van der Waals surface area contributed by atoms with Crippen LogP contribution in [0.1, 0.15) is 38.5 Å². The number of rotatable bonds is 5. The number of hydrogen-bond donors (Lipinski definition) is 1. The van der Waals surface area contributed by atoms with Gasteiger partial charge in [-0.15, -0.1) is 0 Å². The van der Waals surface area contributed by atoms with Crippen LogP contribution in [-0.4, -0.2) is 52.1 Å². The molecule has 0 saturated carbocycles. The summed E-state index contributed by atoms with van der Waals surface area (Å²) in [5, 5.41) is 7.20. The van der Waals surface area contributed by atoms with Gasteiger partial charge in [0.2, 0.25) is 5.91 Å². The second-order valence-electron chi connectivity index (χ2n) is 6.16. The summed E-state index contributed by atoms with van der Waals surface area (Å²) in [6.07, 6.45) is 8.16. The highest BCUT2D eigenvalue weighted by molar-refractivity contribution is 5.76. The molecule has 122 valence electrons. The quantitative estimate of drug-likeness (QED) is 0.874. The maximum atomic E-state index is 12.1. The predicted molar refractivity (Wildman–Crippen MR) is 79.2 cm³/mol. The van der Waals surface area contributed by atoms with Crippen molar-refractivity contribution in [3.63, 3.8) is 0 Å². The van der Waals surface area contributed by atoms with Gasteiger partial charge in [-0.1, -0.05) is 0 Å². The van der Waals surface area contributed by atoms with Crippen molar-refractivity contribution in [2.24, 2.45) is 0 Å². The van der Waals surface area contributed by atoms with E-state index in [1.807, 2.05) is 0 Å². The fraction of sp³-hybridized carbons (Fsp3) is 0.800. The van der Waals surface area contributed by atoms with Gasteiger partial charge in [0.15, 0.2) is 0 Å². The lowest BCUT2D eigenvalue weighted by Gasteiger charge is -2.43. The minimum absolute atomic E-state index is 0.0742. The molecule has 1 N–H and O–H groups in total. The number of nitrogens with one attached hydrogen (secondary N) is 1. The lowest BCUT2D eigenvalue weighted by molar-refractivity contribution is -0.144. The van der Waals surface area contributed by atoms with Gasteiger partial charge in [0.1, 0.15) is 12.7 Å². The standard InChI is InChI=1S/C15H24N4O3/c20-14(2-1-6-19-12-16-11-17-19)18-13-3-7-22-15(10-13)4-8-21-9-5-15/h11-13H,1-10H2,(H,18,20)/t13-/m1/s1. The topological polar surface area (TPSA) is 78.3 Å². The van der Waals surface area contributed by atoms with Crippen LogP contribution in [0, 0.1) is 0 Å². The fourth-order valence-corrected chi connectivity index (χ4v) is 3.29. The number of hydrogen-bond acceptors (Lipinski definition) is 5. The summed E-state index contributed by atoms with van der Waals surface area (Å²) in [5.41, 5.74) is -0.0742. The van der Waals surface area contributed by atoms with Crippen molar-refractivity contribution >= 4 is 5.91 Å². The Balaban J connectivity index is 1.40. The molecular formula is C15H24N4O3. The number of amides is 1. The van der Waals surface area contributed by atoms with Crippen molar-refractivity contribution in [2.75, 3.05) is 19.8 Å². The van der Waals surface area contributed by atoms with Crippen molar-refractivity contribution in [1.82, 2.24) is 20.1 Å². The molecule has 7 nitrogen and oxygen atoms in total. The van der Waals surface area contributed by atoms with Gasteiger partial charge in [-0.25, -0.2) is 4.98 Å². The lowest BCUT2D eigenvalue weighted by atomic mass is 9.84. The Kier molecular flexibility index (Phi) is 5.04. The molecule has 1 aromatic heterocycles. The third-order valence-corrected chi connectivity index (χ3v) is 4.52. The molecule has 1 atom stereocenters. The van der Waals surface area contributed by atoms with Crippen LogP contribution in [0.3, 0.4) is 0 Å². The number of nitrogens with zero attached hydrogens (tertiary/aromatic N) is 3. The SMILES string of the molecule is O=C(CCCn1cncn1)N[C@@H]1CCOC2(CCOCC2)C1. The van der Waals surface area contributed by atoms with Gasteiger partial charge in [-0.2, -0.15) is 5.10 Å². The van der Waals surface area contributed by atoms with E-state index < -0.39 is 0 Å². The van der Waals surface area contributed by atoms with Crippen LogP contribution in [0.25, 0.3) is 0 Å². The van der Waals surface area contributed by atoms with E-state index in [1.165, 1.54) is 6.33 Å². The number of aromatic nitrogens is 3. The van der Waals surface area contributed by atoms with Gasteiger partial charge in [0.25, 0.3) is 0 Å². The van der Waals surface area contributed by atoms with Crippen LogP contribution >= 0.6 is 0 Å². The van der Waals surface area contributed by atoms with E-state index in [0.717, 1.165) is 58.5 Å². The van der Waals surface area contributed by atoms with E-state index in [1.54, 1.807) is 11.0 Å². The first-order chi connectivity index (χ1) is 10.8. The number of carbonyl (C=O) groups is 1. The fourth-order valence-electron chi connectivity index (χ4n) is 3.29. The van der Waals surface area contributed by atoms with Crippen LogP contribution in [0.2, 0.25) is 0 Å². The second-order valence-corrected chi connectivity index (χ2v) is 6.16. The molecule has 0 bridgehead atoms. The number of aryl methyl sites for hydroxylation is 1. The molecule has 2 aliphatic heterocycles. The third kappa shape index (κ3) is 4.04. The summed E-state index contributed by atoms with van der Waals surface area (Å²) < 4.78 is 13.2. The molecule has 3 rings (SSSR count). The van der Waals surface area contributed by atoms with Crippen molar-refractivity contribution < 1.29 is 14.3 Å². The molecule has 2 aliphatic rings. The second kappa shape index (κ2) is 7.19. The van der Waals surface area contributed by atoms with E-state index in [9.17, 15) is 4.79 Å². The van der Waals surface area contributed by atoms with Crippen LogP contribution in [0.15, 0.2) is 12.7 Å². The highest BCUT2D eigenvalue weighted by Gasteiger charge is 2.39. The Morgan fingerprint density at radius 3 is 3.00 bits per heavy atom. The van der Waals surface area contributed by atoms with Crippen molar-refractivity contribution in [1.29, 1.82) is 0 Å². The number of ether oxygens (including phenoxy) is 2. The first-order valence-electron chi connectivity index (χ1n) is 8.09. The zero-order valence-corrected chi connectivity index (χ0v) is 12.9. The molecule has 0 aromatic carbocycles. The monoisotopic (exact) mass is 308 g/mol. The van der Waals surface area contributed by atoms with Gasteiger partial charge in [0.05, 0.1) is 5.60 Å². The minimum atomic E-state index is -0.0742. The Morgan fingerprint density at radius 1 is 1.36 bits per heavy atom. The van der Waals surface area contributed by atoms with Crippen LogP contribution in [-0.2, 0) is 20.8 Å². The molecule has 0 unspecified atom stereocenters. The average Bonchev–Trinajstić information content (AvgIpc) is 3.01. The zero-order chi connectivity index (χ0) is 15.3. The smallest absolute Gasteiger partial charge is 0.220 e. The van der Waals surface area contributed by atoms with E-state index in [-0.39, 0.29) is 17.6 Å². The van der Waals surface area contributed by atoms with Gasteiger partial charge in [-0.3, -0.25) is 9.48 Å². The summed E-state index contributed by atoms with van der Waals surface area (Å²) in [4.78, 5) is 16.0. The summed E-state index contributed by atoms with van der Waals surface area (Å²) in [6, 6.07) is 0.228. The van der Waals surface area contributed by atoms with E-state index in [4.69, 9.17) is 9.47 Å². The first kappa shape index (κ1) is 15.4. The zero-order valence-electron chi connectivity index (χ0n) is 12.9. The van der Waals surface area contributed by atoms with Crippen LogP contribution in [0.5, 0.6) is 0 Å². The molecule has 2 saturated heterocycles. The molecule has 3 heterocycles. The largest absolute Gasteiger partial charge is 0.381 e. The maximum absolute atomic E-state index is 12.1. The molecule has 1 aromatic rings. The van der Waals surface area contributed by atoms with E-state index in [0.29, 0.717) is 6.42 Å². The maximum Gasteiger partial charge on any atom is 0.220 e. The first-order valence-corrected chi connectivity index (χ1v) is 8.09. The van der Waals surface area contributed by atoms with Gasteiger partial charge < -0.3 is 14.8 Å². The molecule has 2 fully saturated rings. The molecule has 1 amide bonds. The Hall–Kier alpha value is -1.47. The average molecular weight is 308 g/mol. The van der Waals surface area contributed by atoms with E-state index in [2.05, 4.69) is 15.4 Å². The molecule has 7 heteroatoms. The molecule has 0 aliphatic carbocycles. The minimum Gasteiger partial charge on any atom is -0.381 e. The molecule has 1 spiro atoms. The van der Waals surface area contributed by atoms with Gasteiger partial charge in [0, 0.05) is 38.8 Å². The molecule has 22 heavy (non-hydrogen) atoms. The Labute approximate surface area is 130 Å². The third-order valence-electron chi connectivity index (χ3n) is 4.52. The van der Waals surface area contributed by atoms with Crippen molar-refractivity contribution in [3.8, 4) is 0 Å². The Morgan fingerprint density at radius 2 is 2.23 bits per heavy atom. The highest BCUT2D eigenvalue weighted by atomic mass is 16.5. The summed E-state index contributed by atoms with van der Waals surface area (Å²) in [6.45, 7) is 2.98. The Bertz CT molecular complexity index is 466. The van der Waals surface area contributed by atoms with Crippen molar-refractivity contribution in [3.05, 3.63) is 12.7 Å². The van der Waals surface area contributed by atoms with Crippen LogP contribution < -0.4 is 5.32 Å². The highest BCUT2D eigenvalue weighted by Crippen LogP contribution is 2.34. The summed E-state index contributed by atoms with van der Waals surface area (Å²) >= 11 is 0.